The number of rotatable bonds is 6. The van der Waals surface area contributed by atoms with Gasteiger partial charge in [-0.05, 0) is 61.7 Å². The van der Waals surface area contributed by atoms with Crippen LogP contribution in [0.1, 0.15) is 29.5 Å². The van der Waals surface area contributed by atoms with Gasteiger partial charge in [0, 0.05) is 5.92 Å². The molecule has 118 valence electrons. The first-order valence-corrected chi connectivity index (χ1v) is 8.18. The highest BCUT2D eigenvalue weighted by atomic mass is 35.5. The first-order chi connectivity index (χ1) is 10.5. The van der Waals surface area contributed by atoms with E-state index < -0.39 is 0 Å². The lowest BCUT2D eigenvalue weighted by Gasteiger charge is -2.18. The van der Waals surface area contributed by atoms with Crippen molar-refractivity contribution in [2.75, 3.05) is 13.2 Å². The molecule has 4 heteroatoms. The molecule has 0 radical (unpaired) electrons. The fourth-order valence-electron chi connectivity index (χ4n) is 2.53. The molecule has 0 saturated carbocycles. The maximum Gasteiger partial charge on any atom is 0.122 e. The third-order valence-electron chi connectivity index (χ3n) is 3.72. The maximum atomic E-state index is 6.09. The third-order valence-corrected chi connectivity index (χ3v) is 4.46. The second-order valence-corrected chi connectivity index (χ2v) is 6.16. The number of halogens is 2. The minimum atomic E-state index is 0.242. The Hall–Kier alpha value is -1.22. The molecule has 2 rings (SSSR count). The van der Waals surface area contributed by atoms with E-state index in [-0.39, 0.29) is 5.92 Å². The van der Waals surface area contributed by atoms with Crippen LogP contribution >= 0.6 is 23.2 Å². The summed E-state index contributed by atoms with van der Waals surface area (Å²) in [6.45, 7) is 5.29. The average molecular weight is 338 g/mol. The highest BCUT2D eigenvalue weighted by molar-refractivity contribution is 6.42. The largest absolute Gasteiger partial charge is 0.494 e. The van der Waals surface area contributed by atoms with E-state index in [0.29, 0.717) is 23.2 Å². The molecule has 0 aliphatic rings. The quantitative estimate of drug-likeness (QED) is 0.806. The lowest BCUT2D eigenvalue weighted by molar-refractivity contribution is 0.337. The number of aryl methyl sites for hydroxylation is 1. The maximum absolute atomic E-state index is 6.09. The summed E-state index contributed by atoms with van der Waals surface area (Å²) in [6.07, 6.45) is 0.834. The summed E-state index contributed by atoms with van der Waals surface area (Å²) in [5.74, 6) is 1.17. The predicted octanol–water partition coefficient (Wildman–Crippen LogP) is 4.99. The van der Waals surface area contributed by atoms with Crippen LogP contribution in [0.15, 0.2) is 36.4 Å². The third kappa shape index (κ3) is 4.16. The van der Waals surface area contributed by atoms with Gasteiger partial charge in [0.25, 0.3) is 0 Å². The molecule has 2 N–H and O–H groups in total. The molecule has 0 spiro atoms. The summed E-state index contributed by atoms with van der Waals surface area (Å²) in [4.78, 5) is 0. The Morgan fingerprint density at radius 1 is 1.09 bits per heavy atom. The van der Waals surface area contributed by atoms with Gasteiger partial charge >= 0.3 is 0 Å². The fourth-order valence-corrected chi connectivity index (χ4v) is 2.85. The molecule has 0 heterocycles. The van der Waals surface area contributed by atoms with Gasteiger partial charge in [-0.15, -0.1) is 0 Å². The minimum absolute atomic E-state index is 0.242. The summed E-state index contributed by atoms with van der Waals surface area (Å²) < 4.78 is 5.59. The number of ether oxygens (including phenoxy) is 1. The monoisotopic (exact) mass is 337 g/mol. The predicted molar refractivity (Wildman–Crippen MR) is 94.3 cm³/mol. The van der Waals surface area contributed by atoms with Crippen molar-refractivity contribution >= 4 is 23.2 Å². The van der Waals surface area contributed by atoms with Gasteiger partial charge in [0.15, 0.2) is 0 Å². The molecular formula is C18H21Cl2NO. The van der Waals surface area contributed by atoms with E-state index in [4.69, 9.17) is 33.7 Å². The van der Waals surface area contributed by atoms with Crippen molar-refractivity contribution in [1.82, 2.24) is 0 Å². The Morgan fingerprint density at radius 3 is 2.45 bits per heavy atom. The van der Waals surface area contributed by atoms with Crippen LogP contribution in [0.2, 0.25) is 10.0 Å². The Morgan fingerprint density at radius 2 is 1.86 bits per heavy atom. The number of hydrogen-bond donors (Lipinski definition) is 1. The van der Waals surface area contributed by atoms with Crippen molar-refractivity contribution < 1.29 is 4.74 Å². The second kappa shape index (κ2) is 7.87. The van der Waals surface area contributed by atoms with Crippen molar-refractivity contribution in [3.63, 3.8) is 0 Å². The lowest BCUT2D eigenvalue weighted by atomic mass is 9.91. The highest BCUT2D eigenvalue weighted by Gasteiger charge is 2.13. The zero-order valence-electron chi connectivity index (χ0n) is 12.9. The van der Waals surface area contributed by atoms with Crippen molar-refractivity contribution in [1.29, 1.82) is 0 Å². The second-order valence-electron chi connectivity index (χ2n) is 5.34. The molecule has 0 saturated heterocycles. The molecule has 0 aliphatic carbocycles. The summed E-state index contributed by atoms with van der Waals surface area (Å²) in [5.41, 5.74) is 9.46. The summed E-state index contributed by atoms with van der Waals surface area (Å²) in [5, 5.41) is 1.16. The molecule has 0 amide bonds. The van der Waals surface area contributed by atoms with Crippen LogP contribution in [0.5, 0.6) is 5.75 Å². The Labute approximate surface area is 142 Å². The lowest BCUT2D eigenvalue weighted by Crippen LogP contribution is -2.15. The molecule has 22 heavy (non-hydrogen) atoms. The minimum Gasteiger partial charge on any atom is -0.494 e. The van der Waals surface area contributed by atoms with E-state index in [2.05, 4.69) is 19.1 Å². The topological polar surface area (TPSA) is 35.2 Å². The molecule has 0 aliphatic heterocycles. The van der Waals surface area contributed by atoms with Crippen molar-refractivity contribution in [2.24, 2.45) is 5.73 Å². The smallest absolute Gasteiger partial charge is 0.122 e. The van der Waals surface area contributed by atoms with E-state index in [0.717, 1.165) is 23.3 Å². The van der Waals surface area contributed by atoms with E-state index in [1.807, 2.05) is 31.2 Å². The van der Waals surface area contributed by atoms with Crippen LogP contribution in [-0.2, 0) is 6.42 Å². The summed E-state index contributed by atoms with van der Waals surface area (Å²) in [7, 11) is 0. The van der Waals surface area contributed by atoms with Crippen LogP contribution < -0.4 is 10.5 Å². The first kappa shape index (κ1) is 17.1. The van der Waals surface area contributed by atoms with Crippen molar-refractivity contribution in [2.45, 2.75) is 26.2 Å². The molecule has 2 aromatic carbocycles. The first-order valence-electron chi connectivity index (χ1n) is 7.42. The number of benzene rings is 2. The summed E-state index contributed by atoms with van der Waals surface area (Å²) >= 11 is 12.1. The molecule has 0 aromatic heterocycles. The molecular weight excluding hydrogens is 317 g/mol. The van der Waals surface area contributed by atoms with E-state index in [9.17, 15) is 0 Å². The zero-order valence-corrected chi connectivity index (χ0v) is 14.4. The van der Waals surface area contributed by atoms with E-state index in [1.165, 1.54) is 5.56 Å². The Kier molecular flexibility index (Phi) is 6.13. The van der Waals surface area contributed by atoms with Crippen molar-refractivity contribution in [3.8, 4) is 5.75 Å². The SMILES string of the molecule is CCOc1ccc(C(CN)Cc2ccc(Cl)c(Cl)c2)cc1C. The van der Waals surface area contributed by atoms with Gasteiger partial charge < -0.3 is 10.5 Å². The Balaban J connectivity index is 2.20. The van der Waals surface area contributed by atoms with Gasteiger partial charge in [0.2, 0.25) is 0 Å². The molecule has 0 bridgehead atoms. The standard InChI is InChI=1S/C18H21Cl2NO/c1-3-22-18-7-5-14(8-12(18)2)15(11-21)9-13-4-6-16(19)17(20)10-13/h4-8,10,15H,3,9,11,21H2,1-2H3. The van der Waals surface area contributed by atoms with Crippen LogP contribution in [0.4, 0.5) is 0 Å². The van der Waals surface area contributed by atoms with Crippen molar-refractivity contribution in [3.05, 3.63) is 63.1 Å². The van der Waals surface area contributed by atoms with Gasteiger partial charge in [0.05, 0.1) is 16.7 Å². The average Bonchev–Trinajstić information content (AvgIpc) is 2.50. The molecule has 0 fully saturated rings. The van der Waals surface area contributed by atoms with Gasteiger partial charge in [-0.1, -0.05) is 41.4 Å². The molecule has 2 nitrogen and oxygen atoms in total. The van der Waals surface area contributed by atoms with Gasteiger partial charge in [-0.2, -0.15) is 0 Å². The van der Waals surface area contributed by atoms with Gasteiger partial charge in [0.1, 0.15) is 5.75 Å². The van der Waals surface area contributed by atoms with Crippen LogP contribution in [0.3, 0.4) is 0 Å². The number of nitrogens with two attached hydrogens (primary N) is 1. The van der Waals surface area contributed by atoms with Crippen LogP contribution in [0, 0.1) is 6.92 Å². The van der Waals surface area contributed by atoms with Crippen LogP contribution in [-0.4, -0.2) is 13.2 Å². The highest BCUT2D eigenvalue weighted by Crippen LogP contribution is 2.28. The van der Waals surface area contributed by atoms with Gasteiger partial charge in [-0.25, -0.2) is 0 Å². The molecule has 2 aromatic rings. The summed E-state index contributed by atoms with van der Waals surface area (Å²) in [6, 6.07) is 12.0. The zero-order chi connectivity index (χ0) is 16.1. The van der Waals surface area contributed by atoms with E-state index >= 15 is 0 Å². The molecule has 1 unspecified atom stereocenters. The van der Waals surface area contributed by atoms with Gasteiger partial charge in [-0.3, -0.25) is 0 Å². The van der Waals surface area contributed by atoms with Crippen LogP contribution in [0.25, 0.3) is 0 Å². The Bertz CT molecular complexity index is 643. The molecule has 1 atom stereocenters. The number of hydrogen-bond acceptors (Lipinski definition) is 2. The normalized spacial score (nSPS) is 12.2. The fraction of sp³-hybridized carbons (Fsp3) is 0.333. The van der Waals surface area contributed by atoms with E-state index in [1.54, 1.807) is 0 Å².